The molecule has 2 aliphatic heterocycles. The number of fused-ring (bicyclic) bond motifs is 1. The molecule has 15 nitrogen and oxygen atoms in total. The van der Waals surface area contributed by atoms with Gasteiger partial charge in [-0.05, 0) is 85.3 Å². The summed E-state index contributed by atoms with van der Waals surface area (Å²) in [7, 11) is 0.699. The average molecular weight is 1080 g/mol. The molecule has 2 aromatic carbocycles. The highest BCUT2D eigenvalue weighted by molar-refractivity contribution is 7.99. The molecule has 2 amide bonds. The van der Waals surface area contributed by atoms with Crippen LogP contribution in [0.15, 0.2) is 93.7 Å². The van der Waals surface area contributed by atoms with Crippen molar-refractivity contribution in [3.05, 3.63) is 93.7 Å². The van der Waals surface area contributed by atoms with Crippen molar-refractivity contribution in [1.82, 2.24) is 9.80 Å². The van der Waals surface area contributed by atoms with Gasteiger partial charge in [0.05, 0.1) is 111 Å². The normalized spacial score (nSPS) is 14.5. The van der Waals surface area contributed by atoms with Crippen molar-refractivity contribution in [2.75, 3.05) is 123 Å². The van der Waals surface area contributed by atoms with Gasteiger partial charge in [-0.1, -0.05) is 24.3 Å². The molecule has 0 saturated carbocycles. The SMILES string of the molecule is COCCOCCOCCSc1ccc(-c2ccc(C3=C4C(=O)N(CCCCS(=O)(=O)OC)C(c5ccc(-c6ccc(SCCOCCOCCOC)cc6)s5)=C4C(=O)N3CCCCS(=O)O)s2)cc1. The van der Waals surface area contributed by atoms with Crippen molar-refractivity contribution in [3.8, 4) is 20.9 Å². The Hall–Kier alpha value is -3.26. The zero-order valence-corrected chi connectivity index (χ0v) is 44.7. The van der Waals surface area contributed by atoms with Crippen molar-refractivity contribution < 1.29 is 59.4 Å². The van der Waals surface area contributed by atoms with E-state index < -0.39 is 21.2 Å². The van der Waals surface area contributed by atoms with Crippen LogP contribution in [0.2, 0.25) is 0 Å². The summed E-state index contributed by atoms with van der Waals surface area (Å²) in [6.07, 6.45) is 1.46. The van der Waals surface area contributed by atoms with Gasteiger partial charge < -0.3 is 42.8 Å². The van der Waals surface area contributed by atoms with E-state index in [2.05, 4.69) is 52.7 Å². The van der Waals surface area contributed by atoms with Gasteiger partial charge in [0, 0.05) is 64.1 Å². The molecule has 0 radical (unpaired) electrons. The standard InChI is InChI=1S/C49H62N2O13S6/c1-58-22-24-61-26-28-63-30-32-65-38-12-8-36(9-13-38)40-16-18-42(67-40)46-44-45(48(52)50(46)20-4-6-34-69(54)55)47(51(49(44)53)21-5-7-35-70(56,57)60-3)43-19-17-41(68-43)37-10-14-39(15-11-37)66-33-31-64-29-27-62-25-23-59-2/h8-19H,4-7,20-35H2,1-3H3,(H,54,55). The molecule has 1 N–H and O–H groups in total. The minimum atomic E-state index is -3.71. The minimum absolute atomic E-state index is 0.0695. The first-order valence-corrected chi connectivity index (χ1v) is 29.4. The minimum Gasteiger partial charge on any atom is -0.382 e. The molecule has 0 aliphatic carbocycles. The number of hydrogen-bond acceptors (Lipinski definition) is 16. The molecule has 0 spiro atoms. The first-order chi connectivity index (χ1) is 34.0. The molecule has 0 saturated heterocycles. The highest BCUT2D eigenvalue weighted by atomic mass is 32.2. The van der Waals surface area contributed by atoms with Crippen LogP contribution in [0.5, 0.6) is 0 Å². The molecular formula is C49H62N2O13S6. The summed E-state index contributed by atoms with van der Waals surface area (Å²) in [5, 5.41) is 0. The van der Waals surface area contributed by atoms with Crippen LogP contribution < -0.4 is 0 Å². The molecule has 21 heteroatoms. The lowest BCUT2D eigenvalue weighted by molar-refractivity contribution is -0.124. The Bertz CT molecular complexity index is 2490. The van der Waals surface area contributed by atoms with E-state index in [1.54, 1.807) is 47.5 Å². The van der Waals surface area contributed by atoms with Gasteiger partial charge in [0.25, 0.3) is 21.9 Å². The Kier molecular flexibility index (Phi) is 23.6. The zero-order chi connectivity index (χ0) is 49.7. The third-order valence-electron chi connectivity index (χ3n) is 11.0. The number of amides is 2. The molecule has 6 rings (SSSR count). The molecule has 0 fully saturated rings. The van der Waals surface area contributed by atoms with Crippen molar-refractivity contribution in [2.24, 2.45) is 0 Å². The maximum atomic E-state index is 14.9. The summed E-state index contributed by atoms with van der Waals surface area (Å²) in [6.45, 7) is 5.89. The highest BCUT2D eigenvalue weighted by Crippen LogP contribution is 2.50. The van der Waals surface area contributed by atoms with Gasteiger partial charge in [-0.2, -0.15) is 8.42 Å². The largest absolute Gasteiger partial charge is 0.382 e. The Labute approximate surface area is 430 Å². The zero-order valence-electron chi connectivity index (χ0n) is 39.8. The third kappa shape index (κ3) is 16.4. The number of carbonyl (C=O) groups is 2. The van der Waals surface area contributed by atoms with Crippen LogP contribution in [-0.4, -0.2) is 162 Å². The fourth-order valence-corrected chi connectivity index (χ4v) is 12.3. The van der Waals surface area contributed by atoms with E-state index in [4.69, 9.17) is 28.4 Å². The van der Waals surface area contributed by atoms with E-state index in [9.17, 15) is 26.8 Å². The van der Waals surface area contributed by atoms with Gasteiger partial charge in [-0.25, -0.2) is 4.21 Å². The molecule has 4 aromatic rings. The summed E-state index contributed by atoms with van der Waals surface area (Å²) < 4.78 is 82.5. The number of unbranched alkanes of at least 4 members (excludes halogenated alkanes) is 2. The lowest BCUT2D eigenvalue weighted by Gasteiger charge is -2.24. The van der Waals surface area contributed by atoms with Crippen molar-refractivity contribution >= 4 is 90.6 Å². The summed E-state index contributed by atoms with van der Waals surface area (Å²) in [5.41, 5.74) is 3.58. The first kappa shape index (κ1) is 56.0. The van der Waals surface area contributed by atoms with Crippen molar-refractivity contribution in [2.45, 2.75) is 35.5 Å². The lowest BCUT2D eigenvalue weighted by atomic mass is 10.1. The number of thiophene rings is 2. The number of hydrogen-bond donors (Lipinski definition) is 1. The Morgan fingerprint density at radius 2 is 0.943 bits per heavy atom. The summed E-state index contributed by atoms with van der Waals surface area (Å²) in [5.74, 6) is 0.783. The molecule has 0 bridgehead atoms. The van der Waals surface area contributed by atoms with Crippen LogP contribution in [0.3, 0.4) is 0 Å². The van der Waals surface area contributed by atoms with Crippen LogP contribution in [0.4, 0.5) is 0 Å². The number of nitrogens with zero attached hydrogens (tertiary/aromatic N) is 2. The second-order valence-corrected chi connectivity index (χ2v) is 23.2. The average Bonchev–Trinajstić information content (AvgIpc) is 4.16. The Morgan fingerprint density at radius 3 is 1.36 bits per heavy atom. The number of carbonyl (C=O) groups excluding carboxylic acids is 2. The third-order valence-corrected chi connectivity index (χ3v) is 17.1. The second kappa shape index (κ2) is 29.4. The molecule has 1 atom stereocenters. The van der Waals surface area contributed by atoms with E-state index in [1.165, 1.54) is 22.7 Å². The second-order valence-electron chi connectivity index (χ2n) is 15.7. The predicted octanol–water partition coefficient (Wildman–Crippen LogP) is 8.25. The van der Waals surface area contributed by atoms with Gasteiger partial charge in [-0.3, -0.25) is 13.8 Å². The maximum Gasteiger partial charge on any atom is 0.267 e. The van der Waals surface area contributed by atoms with Crippen LogP contribution >= 0.6 is 46.2 Å². The number of rotatable bonds is 35. The lowest BCUT2D eigenvalue weighted by Crippen LogP contribution is -2.31. The van der Waals surface area contributed by atoms with Crippen molar-refractivity contribution in [3.63, 3.8) is 0 Å². The van der Waals surface area contributed by atoms with Gasteiger partial charge in [0.2, 0.25) is 0 Å². The summed E-state index contributed by atoms with van der Waals surface area (Å²) in [6, 6.07) is 24.4. The molecule has 1 unspecified atom stereocenters. The van der Waals surface area contributed by atoms with Gasteiger partial charge >= 0.3 is 0 Å². The molecule has 4 heterocycles. The van der Waals surface area contributed by atoms with Crippen LogP contribution in [0.25, 0.3) is 32.3 Å². The number of benzene rings is 2. The van der Waals surface area contributed by atoms with Gasteiger partial charge in [0.1, 0.15) is 0 Å². The molecule has 382 valence electrons. The van der Waals surface area contributed by atoms with Gasteiger partial charge in [0.15, 0.2) is 11.1 Å². The van der Waals surface area contributed by atoms with E-state index in [-0.39, 0.29) is 42.8 Å². The molecule has 70 heavy (non-hydrogen) atoms. The maximum absolute atomic E-state index is 14.9. The smallest absolute Gasteiger partial charge is 0.267 e. The highest BCUT2D eigenvalue weighted by Gasteiger charge is 2.49. The fourth-order valence-electron chi connectivity index (χ4n) is 7.50. The van der Waals surface area contributed by atoms with Crippen LogP contribution in [0.1, 0.15) is 35.4 Å². The van der Waals surface area contributed by atoms with Crippen LogP contribution in [-0.2, 0) is 63.4 Å². The number of methoxy groups -OCH3 is 2. The van der Waals surface area contributed by atoms with Crippen LogP contribution in [0, 0.1) is 0 Å². The predicted molar refractivity (Wildman–Crippen MR) is 280 cm³/mol. The first-order valence-electron chi connectivity index (χ1n) is 23.0. The topological polar surface area (TPSA) is 177 Å². The van der Waals surface area contributed by atoms with E-state index in [1.807, 2.05) is 24.3 Å². The number of thioether (sulfide) groups is 2. The Morgan fingerprint density at radius 1 is 0.543 bits per heavy atom. The quantitative estimate of drug-likeness (QED) is 0.0202. The van der Waals surface area contributed by atoms with E-state index in [0.29, 0.717) is 108 Å². The number of ether oxygens (including phenoxy) is 6. The monoisotopic (exact) mass is 1080 g/mol. The summed E-state index contributed by atoms with van der Waals surface area (Å²) >= 11 is 4.38. The Balaban J connectivity index is 1.23. The molecular weight excluding hydrogens is 1020 g/mol. The van der Waals surface area contributed by atoms with E-state index in [0.717, 1.165) is 59.0 Å². The van der Waals surface area contributed by atoms with Crippen molar-refractivity contribution in [1.29, 1.82) is 0 Å². The summed E-state index contributed by atoms with van der Waals surface area (Å²) in [4.78, 5) is 38.7. The van der Waals surface area contributed by atoms with E-state index >= 15 is 0 Å². The molecule has 2 aliphatic rings. The fraction of sp³-hybridized carbons (Fsp3) is 0.469. The van der Waals surface area contributed by atoms with Gasteiger partial charge in [-0.15, -0.1) is 46.2 Å². The molecule has 2 aromatic heterocycles.